The molecule has 1 amide bonds. The zero-order valence-electron chi connectivity index (χ0n) is 12.7. The normalized spacial score (nSPS) is 25.6. The Hall–Kier alpha value is -2.09. The number of ether oxygens (including phenoxy) is 1. The number of hydrogen-bond donors (Lipinski definition) is 1. The molecule has 2 aliphatic rings. The Morgan fingerprint density at radius 1 is 1.39 bits per heavy atom. The van der Waals surface area contributed by atoms with Crippen molar-refractivity contribution in [2.24, 2.45) is 0 Å². The first-order valence-corrected chi connectivity index (χ1v) is 9.25. The maximum atomic E-state index is 11.9. The highest BCUT2D eigenvalue weighted by molar-refractivity contribution is 7.91. The Morgan fingerprint density at radius 3 is 2.91 bits per heavy atom. The van der Waals surface area contributed by atoms with E-state index in [1.54, 1.807) is 36.1 Å². The molecule has 1 aromatic carbocycles. The maximum Gasteiger partial charge on any atom is 0.338 e. The van der Waals surface area contributed by atoms with Crippen LogP contribution >= 0.6 is 0 Å². The van der Waals surface area contributed by atoms with Crippen molar-refractivity contribution in [3.63, 3.8) is 0 Å². The molecular formula is C15H18N2O5S. The minimum absolute atomic E-state index is 0.00157. The monoisotopic (exact) mass is 338 g/mol. The Bertz CT molecular complexity index is 746. The van der Waals surface area contributed by atoms with E-state index < -0.39 is 21.8 Å². The van der Waals surface area contributed by atoms with Crippen molar-refractivity contribution in [1.82, 2.24) is 5.32 Å². The number of nitrogens with zero attached hydrogens (tertiary/aromatic N) is 1. The quantitative estimate of drug-likeness (QED) is 0.778. The van der Waals surface area contributed by atoms with Crippen LogP contribution in [-0.2, 0) is 19.4 Å². The van der Waals surface area contributed by atoms with Gasteiger partial charge in [0.15, 0.2) is 9.84 Å². The van der Waals surface area contributed by atoms with Crippen molar-refractivity contribution >= 4 is 27.4 Å². The molecule has 0 spiro atoms. The van der Waals surface area contributed by atoms with E-state index in [0.29, 0.717) is 11.3 Å². The Labute approximate surface area is 134 Å². The molecule has 3 rings (SSSR count). The van der Waals surface area contributed by atoms with Crippen LogP contribution in [0.1, 0.15) is 17.3 Å². The summed E-state index contributed by atoms with van der Waals surface area (Å²) in [7, 11) is -3.18. The molecule has 2 heterocycles. The van der Waals surface area contributed by atoms with Crippen molar-refractivity contribution in [2.45, 2.75) is 19.0 Å². The number of esters is 1. The number of hydrogen-bond acceptors (Lipinski definition) is 6. The van der Waals surface area contributed by atoms with Crippen molar-refractivity contribution in [3.05, 3.63) is 29.8 Å². The molecule has 7 nitrogen and oxygen atoms in total. The summed E-state index contributed by atoms with van der Waals surface area (Å²) < 4.78 is 28.8. The molecule has 8 heteroatoms. The second-order valence-electron chi connectivity index (χ2n) is 5.72. The van der Waals surface area contributed by atoms with E-state index >= 15 is 0 Å². The van der Waals surface area contributed by atoms with Gasteiger partial charge >= 0.3 is 5.97 Å². The van der Waals surface area contributed by atoms with Crippen molar-refractivity contribution < 1.29 is 22.7 Å². The van der Waals surface area contributed by atoms with Gasteiger partial charge in [-0.15, -0.1) is 0 Å². The van der Waals surface area contributed by atoms with E-state index in [0.717, 1.165) is 0 Å². The van der Waals surface area contributed by atoms with Gasteiger partial charge in [0.05, 0.1) is 42.3 Å². The highest BCUT2D eigenvalue weighted by Gasteiger charge is 2.45. The van der Waals surface area contributed by atoms with Gasteiger partial charge < -0.3 is 15.0 Å². The average molecular weight is 338 g/mol. The second-order valence-corrected chi connectivity index (χ2v) is 7.87. The predicted octanol–water partition coefficient (Wildman–Crippen LogP) is -0.0349. The zero-order valence-corrected chi connectivity index (χ0v) is 13.5. The minimum Gasteiger partial charge on any atom is -0.462 e. The molecule has 0 radical (unpaired) electrons. The van der Waals surface area contributed by atoms with E-state index in [4.69, 9.17) is 4.74 Å². The van der Waals surface area contributed by atoms with E-state index in [1.807, 2.05) is 0 Å². The number of carbonyl (C=O) groups is 2. The van der Waals surface area contributed by atoms with Gasteiger partial charge in [-0.05, 0) is 25.1 Å². The van der Waals surface area contributed by atoms with Crippen LogP contribution < -0.4 is 10.2 Å². The van der Waals surface area contributed by atoms with Crippen LogP contribution in [0.2, 0.25) is 0 Å². The number of fused-ring (bicyclic) bond motifs is 1. The fourth-order valence-electron chi connectivity index (χ4n) is 3.11. The zero-order chi connectivity index (χ0) is 16.6. The average Bonchev–Trinajstić information content (AvgIpc) is 2.80. The van der Waals surface area contributed by atoms with Crippen LogP contribution in [0.4, 0.5) is 5.69 Å². The largest absolute Gasteiger partial charge is 0.462 e. The molecule has 0 aromatic heterocycles. The van der Waals surface area contributed by atoms with Gasteiger partial charge in [0.25, 0.3) is 0 Å². The fourth-order valence-corrected chi connectivity index (χ4v) is 5.03. The standard InChI is InChI=1S/C15H18N2O5S/c1-2-22-15(19)10-4-3-5-11(6-10)17-7-14(18)16-12-8-23(20,21)9-13(12)17/h3-6,12-13H,2,7-9H2,1H3,(H,16,18)/t12-,13-/m0/s1. The fraction of sp³-hybridized carbons (Fsp3) is 0.467. The first-order valence-electron chi connectivity index (χ1n) is 7.43. The van der Waals surface area contributed by atoms with Gasteiger partial charge in [0.1, 0.15) is 0 Å². The molecule has 2 aliphatic heterocycles. The van der Waals surface area contributed by atoms with Crippen LogP contribution in [-0.4, -0.2) is 57.0 Å². The molecule has 2 fully saturated rings. The van der Waals surface area contributed by atoms with Gasteiger partial charge in [-0.2, -0.15) is 0 Å². The van der Waals surface area contributed by atoms with E-state index in [2.05, 4.69) is 5.32 Å². The number of piperazine rings is 1. The molecule has 1 aromatic rings. The first-order chi connectivity index (χ1) is 10.9. The van der Waals surface area contributed by atoms with Crippen LogP contribution in [0.25, 0.3) is 0 Å². The summed E-state index contributed by atoms with van der Waals surface area (Å²) >= 11 is 0. The molecule has 2 saturated heterocycles. The van der Waals surface area contributed by atoms with Gasteiger partial charge in [0, 0.05) is 5.69 Å². The highest BCUT2D eigenvalue weighted by Crippen LogP contribution is 2.28. The van der Waals surface area contributed by atoms with Gasteiger partial charge in [0.2, 0.25) is 5.91 Å². The number of amides is 1. The number of carbonyl (C=O) groups excluding carboxylic acids is 2. The SMILES string of the molecule is CCOC(=O)c1cccc(N2CC(=O)N[C@H]3CS(=O)(=O)C[C@@H]32)c1. The summed E-state index contributed by atoms with van der Waals surface area (Å²) in [6.45, 7) is 2.08. The number of anilines is 1. The third-order valence-corrected chi connectivity index (χ3v) is 5.79. The Kier molecular flexibility index (Phi) is 4.01. The summed E-state index contributed by atoms with van der Waals surface area (Å²) in [6.07, 6.45) is 0. The molecule has 0 saturated carbocycles. The highest BCUT2D eigenvalue weighted by atomic mass is 32.2. The minimum atomic E-state index is -3.18. The molecule has 124 valence electrons. The third-order valence-electron chi connectivity index (χ3n) is 4.07. The second kappa shape index (κ2) is 5.84. The Morgan fingerprint density at radius 2 is 2.17 bits per heavy atom. The number of sulfone groups is 1. The van der Waals surface area contributed by atoms with Crippen LogP contribution in [0.15, 0.2) is 24.3 Å². The van der Waals surface area contributed by atoms with E-state index in [9.17, 15) is 18.0 Å². The summed E-state index contributed by atoms with van der Waals surface area (Å²) in [4.78, 5) is 25.5. The molecule has 0 unspecified atom stereocenters. The van der Waals surface area contributed by atoms with E-state index in [-0.39, 0.29) is 36.6 Å². The number of benzene rings is 1. The van der Waals surface area contributed by atoms with Gasteiger partial charge in [-0.3, -0.25) is 4.79 Å². The summed E-state index contributed by atoms with van der Waals surface area (Å²) in [5, 5.41) is 2.74. The first kappa shape index (κ1) is 15.8. The van der Waals surface area contributed by atoms with Crippen LogP contribution in [0, 0.1) is 0 Å². The van der Waals surface area contributed by atoms with Crippen molar-refractivity contribution in [3.8, 4) is 0 Å². The van der Waals surface area contributed by atoms with Crippen LogP contribution in [0.5, 0.6) is 0 Å². The van der Waals surface area contributed by atoms with Gasteiger partial charge in [-0.1, -0.05) is 6.07 Å². The lowest BCUT2D eigenvalue weighted by molar-refractivity contribution is -0.121. The van der Waals surface area contributed by atoms with Crippen LogP contribution in [0.3, 0.4) is 0 Å². The van der Waals surface area contributed by atoms with E-state index in [1.165, 1.54) is 0 Å². The molecule has 0 bridgehead atoms. The maximum absolute atomic E-state index is 11.9. The molecule has 1 N–H and O–H groups in total. The third kappa shape index (κ3) is 3.17. The lowest BCUT2D eigenvalue weighted by Crippen LogP contribution is -2.60. The summed E-state index contributed by atoms with van der Waals surface area (Å²) in [5.41, 5.74) is 1.03. The molecule has 23 heavy (non-hydrogen) atoms. The lowest BCUT2D eigenvalue weighted by atomic mass is 10.0. The van der Waals surface area contributed by atoms with Crippen molar-refractivity contribution in [2.75, 3.05) is 29.6 Å². The molecule has 2 atom stereocenters. The van der Waals surface area contributed by atoms with Crippen molar-refractivity contribution in [1.29, 1.82) is 0 Å². The number of rotatable bonds is 3. The summed E-state index contributed by atoms with van der Waals surface area (Å²) in [5.74, 6) is -0.699. The molecular weight excluding hydrogens is 320 g/mol. The summed E-state index contributed by atoms with van der Waals surface area (Å²) in [6, 6.07) is 6.02. The predicted molar refractivity (Wildman–Crippen MR) is 84.1 cm³/mol. The number of nitrogens with one attached hydrogen (secondary N) is 1. The molecule has 0 aliphatic carbocycles. The Balaban J connectivity index is 1.92. The van der Waals surface area contributed by atoms with Gasteiger partial charge in [-0.25, -0.2) is 13.2 Å². The topological polar surface area (TPSA) is 92.8 Å². The smallest absolute Gasteiger partial charge is 0.338 e. The lowest BCUT2D eigenvalue weighted by Gasteiger charge is -2.38.